The fourth-order valence-electron chi connectivity index (χ4n) is 1.47. The first kappa shape index (κ1) is 12.7. The molecule has 0 aliphatic rings. The minimum absolute atomic E-state index is 0.0161. The molecular weight excluding hydrogens is 246 g/mol. The van der Waals surface area contributed by atoms with Crippen molar-refractivity contribution < 1.29 is 22.7 Å². The fourth-order valence-corrected chi connectivity index (χ4v) is 1.47. The number of aliphatic hydroxyl groups excluding tert-OH is 1. The van der Waals surface area contributed by atoms with Crippen LogP contribution in [0, 0.1) is 0 Å². The fraction of sp³-hybridized carbons (Fsp3) is 0.182. The maximum atomic E-state index is 12.4. The highest BCUT2D eigenvalue weighted by Crippen LogP contribution is 2.30. The van der Waals surface area contributed by atoms with Crippen molar-refractivity contribution >= 4 is 13.5 Å². The number of halogens is 3. The van der Waals surface area contributed by atoms with Crippen molar-refractivity contribution in [2.75, 3.05) is 0 Å². The number of hydrogen-bond donors (Lipinski definition) is 1. The van der Waals surface area contributed by atoms with E-state index in [4.69, 9.17) is 17.4 Å². The van der Waals surface area contributed by atoms with E-state index in [-0.39, 0.29) is 17.2 Å². The molecular formula is C11H7BF3NO2. The predicted molar refractivity (Wildman–Crippen MR) is 58.3 cm³/mol. The lowest BCUT2D eigenvalue weighted by atomic mass is 9.99. The summed E-state index contributed by atoms with van der Waals surface area (Å²) in [6.45, 7) is -0.426. The summed E-state index contributed by atoms with van der Waals surface area (Å²) in [6.07, 6.45) is -4.38. The molecule has 1 N–H and O–H groups in total. The van der Waals surface area contributed by atoms with Crippen LogP contribution in [0.5, 0.6) is 0 Å². The van der Waals surface area contributed by atoms with E-state index in [0.717, 1.165) is 12.1 Å². The van der Waals surface area contributed by atoms with Gasteiger partial charge in [-0.2, -0.15) is 13.2 Å². The second kappa shape index (κ2) is 4.49. The van der Waals surface area contributed by atoms with Gasteiger partial charge in [0.15, 0.2) is 7.85 Å². The first-order valence-electron chi connectivity index (χ1n) is 4.95. The third-order valence-corrected chi connectivity index (χ3v) is 2.32. The number of aromatic nitrogens is 1. The average Bonchev–Trinajstić information content (AvgIpc) is 2.70. The van der Waals surface area contributed by atoms with E-state index < -0.39 is 18.3 Å². The lowest BCUT2D eigenvalue weighted by molar-refractivity contribution is -0.137. The van der Waals surface area contributed by atoms with Gasteiger partial charge in [-0.1, -0.05) is 12.1 Å². The number of rotatable bonds is 2. The van der Waals surface area contributed by atoms with Gasteiger partial charge in [-0.3, -0.25) is 0 Å². The highest BCUT2D eigenvalue weighted by molar-refractivity contribution is 6.33. The van der Waals surface area contributed by atoms with Gasteiger partial charge in [-0.15, -0.1) is 0 Å². The second-order valence-electron chi connectivity index (χ2n) is 3.55. The Labute approximate surface area is 102 Å². The Kier molecular flexibility index (Phi) is 3.17. The van der Waals surface area contributed by atoms with Crippen LogP contribution in [-0.4, -0.2) is 17.9 Å². The van der Waals surface area contributed by atoms with Crippen LogP contribution in [-0.2, 0) is 12.8 Å². The molecule has 0 aliphatic carbocycles. The molecule has 0 spiro atoms. The summed E-state index contributed by atoms with van der Waals surface area (Å²) in [5.41, 5.74) is -0.189. The van der Waals surface area contributed by atoms with E-state index in [1.807, 2.05) is 0 Å². The highest BCUT2D eigenvalue weighted by atomic mass is 19.4. The lowest BCUT2D eigenvalue weighted by Gasteiger charge is -2.06. The van der Waals surface area contributed by atoms with Crippen LogP contribution in [0.15, 0.2) is 28.7 Å². The topological polar surface area (TPSA) is 46.3 Å². The van der Waals surface area contributed by atoms with Crippen LogP contribution in [0.2, 0.25) is 0 Å². The number of benzene rings is 1. The molecule has 1 aromatic heterocycles. The number of oxazole rings is 1. The monoisotopic (exact) mass is 253 g/mol. The van der Waals surface area contributed by atoms with E-state index in [2.05, 4.69) is 4.98 Å². The van der Waals surface area contributed by atoms with Crippen molar-refractivity contribution in [3.63, 3.8) is 0 Å². The minimum Gasteiger partial charge on any atom is -0.454 e. The number of nitrogens with zero attached hydrogens (tertiary/aromatic N) is 1. The van der Waals surface area contributed by atoms with Crippen molar-refractivity contribution in [2.45, 2.75) is 12.8 Å². The molecule has 0 aliphatic heterocycles. The lowest BCUT2D eigenvalue weighted by Crippen LogP contribution is -2.05. The Bertz CT molecular complexity index is 548. The number of hydrogen-bond acceptors (Lipinski definition) is 3. The third-order valence-electron chi connectivity index (χ3n) is 2.32. The molecule has 0 saturated carbocycles. The largest absolute Gasteiger partial charge is 0.454 e. The quantitative estimate of drug-likeness (QED) is 0.827. The first-order chi connectivity index (χ1) is 8.41. The van der Waals surface area contributed by atoms with Gasteiger partial charge in [-0.25, -0.2) is 4.98 Å². The van der Waals surface area contributed by atoms with Crippen molar-refractivity contribution in [3.05, 3.63) is 35.7 Å². The van der Waals surface area contributed by atoms with Gasteiger partial charge < -0.3 is 9.52 Å². The van der Waals surface area contributed by atoms with Gasteiger partial charge in [0.25, 0.3) is 0 Å². The molecule has 92 valence electrons. The van der Waals surface area contributed by atoms with Gasteiger partial charge in [-0.05, 0) is 12.1 Å². The normalized spacial score (nSPS) is 11.8. The minimum atomic E-state index is -4.38. The molecule has 3 nitrogen and oxygen atoms in total. The molecule has 2 rings (SSSR count). The Balaban J connectivity index is 2.37. The molecule has 2 aromatic rings. The van der Waals surface area contributed by atoms with Crippen molar-refractivity contribution in [3.8, 4) is 11.3 Å². The van der Waals surface area contributed by atoms with Crippen molar-refractivity contribution in [1.29, 1.82) is 0 Å². The first-order valence-corrected chi connectivity index (χ1v) is 4.95. The number of alkyl halides is 3. The molecule has 2 radical (unpaired) electrons. The van der Waals surface area contributed by atoms with E-state index >= 15 is 0 Å². The summed E-state index contributed by atoms with van der Waals surface area (Å²) in [7, 11) is 5.51. The van der Waals surface area contributed by atoms with Gasteiger partial charge in [0.1, 0.15) is 12.3 Å². The van der Waals surface area contributed by atoms with Gasteiger partial charge in [0.2, 0.25) is 5.89 Å². The van der Waals surface area contributed by atoms with E-state index in [9.17, 15) is 13.2 Å². The smallest absolute Gasteiger partial charge is 0.416 e. The summed E-state index contributed by atoms with van der Waals surface area (Å²) in [6, 6.07) is 4.36. The number of aliphatic hydroxyl groups is 1. The standard InChI is InChI=1S/C11H7BF3NO2/c12-10-9(16-8(5-17)18-10)6-1-3-7(4-2-6)11(13,14)15/h1-4,17H,5H2. The molecule has 0 atom stereocenters. The maximum absolute atomic E-state index is 12.4. The van der Waals surface area contributed by atoms with E-state index in [1.165, 1.54) is 12.1 Å². The van der Waals surface area contributed by atoms with E-state index in [1.54, 1.807) is 0 Å². The second-order valence-corrected chi connectivity index (χ2v) is 3.55. The Hall–Kier alpha value is -1.76. The molecule has 1 heterocycles. The molecule has 0 bridgehead atoms. The zero-order valence-electron chi connectivity index (χ0n) is 9.03. The van der Waals surface area contributed by atoms with Crippen LogP contribution >= 0.6 is 0 Å². The van der Waals surface area contributed by atoms with Crippen LogP contribution < -0.4 is 5.66 Å². The van der Waals surface area contributed by atoms with Crippen LogP contribution in [0.3, 0.4) is 0 Å². The molecule has 0 saturated heterocycles. The Morgan fingerprint density at radius 1 is 1.22 bits per heavy atom. The van der Waals surface area contributed by atoms with Crippen molar-refractivity contribution in [1.82, 2.24) is 4.98 Å². The Morgan fingerprint density at radius 3 is 2.28 bits per heavy atom. The molecule has 0 unspecified atom stereocenters. The average molecular weight is 253 g/mol. The van der Waals surface area contributed by atoms with Crippen molar-refractivity contribution in [2.24, 2.45) is 0 Å². The zero-order valence-corrected chi connectivity index (χ0v) is 9.03. The summed E-state index contributed by atoms with van der Waals surface area (Å²) < 4.78 is 42.0. The predicted octanol–water partition coefficient (Wildman–Crippen LogP) is 1.65. The SMILES string of the molecule is [B]c1oc(CO)nc1-c1ccc(C(F)(F)F)cc1. The molecule has 7 heteroatoms. The van der Waals surface area contributed by atoms with Gasteiger partial charge in [0, 0.05) is 5.56 Å². The molecule has 18 heavy (non-hydrogen) atoms. The van der Waals surface area contributed by atoms with Gasteiger partial charge in [0.05, 0.1) is 11.2 Å². The summed E-state index contributed by atoms with van der Waals surface area (Å²) in [5, 5.41) is 8.81. The van der Waals surface area contributed by atoms with Crippen LogP contribution in [0.1, 0.15) is 11.5 Å². The molecule has 1 aromatic carbocycles. The maximum Gasteiger partial charge on any atom is 0.416 e. The van der Waals surface area contributed by atoms with Crippen LogP contribution in [0.25, 0.3) is 11.3 Å². The summed E-state index contributed by atoms with van der Waals surface area (Å²) >= 11 is 0. The third kappa shape index (κ3) is 2.40. The summed E-state index contributed by atoms with van der Waals surface area (Å²) in [5.74, 6) is 0.0161. The van der Waals surface area contributed by atoms with E-state index in [0.29, 0.717) is 5.56 Å². The molecule has 0 fully saturated rings. The molecule has 0 amide bonds. The van der Waals surface area contributed by atoms with Gasteiger partial charge >= 0.3 is 6.18 Å². The zero-order chi connectivity index (χ0) is 13.3. The van der Waals surface area contributed by atoms with Crippen LogP contribution in [0.4, 0.5) is 13.2 Å². The Morgan fingerprint density at radius 2 is 1.83 bits per heavy atom. The summed E-state index contributed by atoms with van der Waals surface area (Å²) in [4.78, 5) is 3.87. The highest BCUT2D eigenvalue weighted by Gasteiger charge is 2.30.